The zero-order valence-corrected chi connectivity index (χ0v) is 24.6. The zero-order valence-electron chi connectivity index (χ0n) is 24.6. The van der Waals surface area contributed by atoms with Gasteiger partial charge in [-0.2, -0.15) is 4.98 Å². The molecule has 0 spiro atoms. The van der Waals surface area contributed by atoms with Crippen LogP contribution < -0.4 is 20.7 Å². The van der Waals surface area contributed by atoms with Crippen molar-refractivity contribution < 1.29 is 19.1 Å². The van der Waals surface area contributed by atoms with Crippen LogP contribution in [0.4, 0.5) is 22.2 Å². The van der Waals surface area contributed by atoms with E-state index in [1.807, 2.05) is 24.3 Å². The van der Waals surface area contributed by atoms with Crippen LogP contribution in [0.25, 0.3) is 10.9 Å². The number of carbonyl (C=O) groups excluding carboxylic acids is 2. The Morgan fingerprint density at radius 1 is 1.10 bits per heavy atom. The van der Waals surface area contributed by atoms with E-state index in [1.54, 1.807) is 40.3 Å². The third-order valence-electron chi connectivity index (χ3n) is 5.59. The molecule has 0 atom stereocenters. The molecule has 0 bridgehead atoms. The number of hydrogen-bond acceptors (Lipinski definition) is 9. The number of nitrogens with zero attached hydrogens (tertiary/aromatic N) is 4. The van der Waals surface area contributed by atoms with Crippen LogP contribution in [0.5, 0.6) is 5.75 Å². The number of anilines is 3. The lowest BCUT2D eigenvalue weighted by Crippen LogP contribution is -2.41. The van der Waals surface area contributed by atoms with Gasteiger partial charge >= 0.3 is 6.09 Å². The van der Waals surface area contributed by atoms with Gasteiger partial charge in [-0.25, -0.2) is 9.78 Å². The summed E-state index contributed by atoms with van der Waals surface area (Å²) in [6.45, 7) is 8.53. The molecule has 0 unspecified atom stereocenters. The number of rotatable bonds is 11. The molecule has 0 aliphatic rings. The molecule has 0 saturated carbocycles. The molecule has 1 aromatic carbocycles. The fourth-order valence-corrected chi connectivity index (χ4v) is 3.58. The number of pyridine rings is 1. The molecule has 3 rings (SSSR count). The van der Waals surface area contributed by atoms with Crippen molar-refractivity contribution in [2.45, 2.75) is 52.6 Å². The number of unbranched alkanes of at least 4 members (excludes halogenated alkanes) is 1. The minimum Gasteiger partial charge on any atom is -0.497 e. The number of likely N-dealkylation sites (N-methyl/N-ethyl adjacent to an activating group) is 1. The molecule has 0 fully saturated rings. The van der Waals surface area contributed by atoms with Crippen LogP contribution in [0.3, 0.4) is 0 Å². The Labute approximate surface area is 241 Å². The van der Waals surface area contributed by atoms with Gasteiger partial charge in [0.1, 0.15) is 23.7 Å². The molecule has 218 valence electrons. The molecule has 2 amide bonds. The Morgan fingerprint density at radius 3 is 2.63 bits per heavy atom. The highest BCUT2D eigenvalue weighted by atomic mass is 16.6. The summed E-state index contributed by atoms with van der Waals surface area (Å²) in [5.41, 5.74) is 1.69. The van der Waals surface area contributed by atoms with E-state index >= 15 is 0 Å². The van der Waals surface area contributed by atoms with Crippen LogP contribution in [0.1, 0.15) is 52.5 Å². The van der Waals surface area contributed by atoms with Crippen molar-refractivity contribution in [2.24, 2.45) is 0 Å². The third kappa shape index (κ3) is 10.1. The average Bonchev–Trinajstić information content (AvgIpc) is 2.93. The van der Waals surface area contributed by atoms with Crippen molar-refractivity contribution in [1.82, 2.24) is 25.2 Å². The quantitative estimate of drug-likeness (QED) is 0.225. The fraction of sp³-hybridized carbons (Fsp3) is 0.433. The van der Waals surface area contributed by atoms with Crippen LogP contribution >= 0.6 is 0 Å². The van der Waals surface area contributed by atoms with E-state index in [2.05, 4.69) is 49.7 Å². The van der Waals surface area contributed by atoms with Crippen LogP contribution in [0, 0.1) is 11.8 Å². The highest BCUT2D eigenvalue weighted by Gasteiger charge is 2.20. The summed E-state index contributed by atoms with van der Waals surface area (Å²) < 4.78 is 10.6. The molecule has 11 heteroatoms. The Bertz CT molecular complexity index is 1410. The van der Waals surface area contributed by atoms with E-state index in [0.29, 0.717) is 36.7 Å². The van der Waals surface area contributed by atoms with Gasteiger partial charge in [-0.1, -0.05) is 18.8 Å². The first-order valence-corrected chi connectivity index (χ1v) is 13.6. The second-order valence-corrected chi connectivity index (χ2v) is 10.4. The summed E-state index contributed by atoms with van der Waals surface area (Å²) in [4.78, 5) is 39.0. The lowest BCUT2D eigenvalue weighted by Gasteiger charge is -2.24. The van der Waals surface area contributed by atoms with Crippen molar-refractivity contribution in [2.75, 3.05) is 44.4 Å². The van der Waals surface area contributed by atoms with Crippen molar-refractivity contribution >= 4 is 40.4 Å². The summed E-state index contributed by atoms with van der Waals surface area (Å²) >= 11 is 0. The van der Waals surface area contributed by atoms with E-state index in [9.17, 15) is 9.59 Å². The number of nitrogens with one attached hydrogen (secondary N) is 3. The molecule has 0 saturated heterocycles. The Morgan fingerprint density at radius 2 is 1.90 bits per heavy atom. The van der Waals surface area contributed by atoms with Crippen LogP contribution in [-0.2, 0) is 9.53 Å². The van der Waals surface area contributed by atoms with Crippen molar-refractivity contribution in [3.63, 3.8) is 0 Å². The first-order chi connectivity index (χ1) is 19.6. The maximum Gasteiger partial charge on any atom is 0.410 e. The van der Waals surface area contributed by atoms with E-state index in [4.69, 9.17) is 9.47 Å². The molecule has 11 nitrogen and oxygen atoms in total. The highest BCUT2D eigenvalue weighted by Crippen LogP contribution is 2.24. The standard InChI is InChI=1S/C30H39N7O4/c1-7-14-32-27-21(11-9-8-10-15-31-26(38)20-37(5)29(39)41-30(2,3)4)18-34-28(36-27)35-23-16-22-17-24(40-6)12-13-25(22)33-19-23/h12-13,16-19H,7-8,10,14-15,20H2,1-6H3,(H,31,38)(H2,32,34,35,36). The zero-order chi connectivity index (χ0) is 29.8. The summed E-state index contributed by atoms with van der Waals surface area (Å²) in [5, 5.41) is 10.3. The van der Waals surface area contributed by atoms with E-state index in [1.165, 1.54) is 11.9 Å². The maximum absolute atomic E-state index is 12.1. The molecule has 2 aromatic heterocycles. The van der Waals surface area contributed by atoms with Gasteiger partial charge < -0.3 is 30.3 Å². The molecule has 3 aromatic rings. The predicted octanol–water partition coefficient (Wildman–Crippen LogP) is 4.71. The first kappa shape index (κ1) is 30.9. The van der Waals surface area contributed by atoms with Gasteiger partial charge in [-0.05, 0) is 57.9 Å². The third-order valence-corrected chi connectivity index (χ3v) is 5.59. The van der Waals surface area contributed by atoms with Gasteiger partial charge in [0.15, 0.2) is 0 Å². The van der Waals surface area contributed by atoms with Gasteiger partial charge in [-0.3, -0.25) is 9.78 Å². The minimum atomic E-state index is -0.613. The fourth-order valence-electron chi connectivity index (χ4n) is 3.58. The second kappa shape index (κ2) is 14.7. The smallest absolute Gasteiger partial charge is 0.410 e. The van der Waals surface area contributed by atoms with E-state index < -0.39 is 11.7 Å². The average molecular weight is 562 g/mol. The lowest BCUT2D eigenvalue weighted by molar-refractivity contribution is -0.122. The van der Waals surface area contributed by atoms with Gasteiger partial charge in [0.25, 0.3) is 0 Å². The maximum atomic E-state index is 12.1. The molecule has 2 heterocycles. The normalized spacial score (nSPS) is 10.8. The van der Waals surface area contributed by atoms with Gasteiger partial charge in [0.05, 0.1) is 36.3 Å². The number of hydrogen-bond donors (Lipinski definition) is 3. The first-order valence-electron chi connectivity index (χ1n) is 13.6. The van der Waals surface area contributed by atoms with E-state index in [-0.39, 0.29) is 12.5 Å². The van der Waals surface area contributed by atoms with Crippen molar-refractivity contribution in [1.29, 1.82) is 0 Å². The molecule has 0 radical (unpaired) electrons. The number of carbonyl (C=O) groups is 2. The molecule has 3 N–H and O–H groups in total. The van der Waals surface area contributed by atoms with Crippen molar-refractivity contribution in [3.8, 4) is 17.6 Å². The van der Waals surface area contributed by atoms with Crippen LogP contribution in [0.2, 0.25) is 0 Å². The molecule has 41 heavy (non-hydrogen) atoms. The molecular formula is C30H39N7O4. The number of methoxy groups -OCH3 is 1. The SMILES string of the molecule is CCCNc1nc(Nc2cnc3ccc(OC)cc3c2)ncc1C#CCCCNC(=O)CN(C)C(=O)OC(C)(C)C. The Balaban J connectivity index is 1.55. The van der Waals surface area contributed by atoms with Gasteiger partial charge in [0.2, 0.25) is 11.9 Å². The monoisotopic (exact) mass is 561 g/mol. The number of aromatic nitrogens is 3. The second-order valence-electron chi connectivity index (χ2n) is 10.4. The minimum absolute atomic E-state index is 0.0752. The van der Waals surface area contributed by atoms with Gasteiger partial charge in [-0.15, -0.1) is 0 Å². The highest BCUT2D eigenvalue weighted by molar-refractivity contribution is 5.84. The van der Waals surface area contributed by atoms with E-state index in [0.717, 1.165) is 35.3 Å². The summed E-state index contributed by atoms with van der Waals surface area (Å²) in [5.74, 6) is 7.84. The molecule has 0 aliphatic heterocycles. The largest absolute Gasteiger partial charge is 0.497 e. The molecular weight excluding hydrogens is 522 g/mol. The Hall–Kier alpha value is -4.59. The number of benzene rings is 1. The van der Waals surface area contributed by atoms with Crippen LogP contribution in [-0.4, -0.2) is 71.2 Å². The number of ether oxygens (including phenoxy) is 2. The van der Waals surface area contributed by atoms with Crippen LogP contribution in [0.15, 0.2) is 36.7 Å². The summed E-state index contributed by atoms with van der Waals surface area (Å²) in [6.07, 6.45) is 5.04. The predicted molar refractivity (Wildman–Crippen MR) is 160 cm³/mol. The number of fused-ring (bicyclic) bond motifs is 1. The number of amides is 2. The lowest BCUT2D eigenvalue weighted by atomic mass is 10.2. The van der Waals surface area contributed by atoms with Crippen molar-refractivity contribution in [3.05, 3.63) is 42.2 Å². The Kier molecular flexibility index (Phi) is 11.1. The molecule has 0 aliphatic carbocycles. The topological polar surface area (TPSA) is 131 Å². The summed E-state index contributed by atoms with van der Waals surface area (Å²) in [6, 6.07) is 7.68. The van der Waals surface area contributed by atoms with Gasteiger partial charge in [0, 0.05) is 31.9 Å². The summed E-state index contributed by atoms with van der Waals surface area (Å²) in [7, 11) is 3.16.